The number of carboxylic acids is 1. The maximum Gasteiger partial charge on any atom is 0.371 e. The number of imide groups is 1. The number of aromatic carboxylic acids is 1. The highest BCUT2D eigenvalue weighted by Gasteiger charge is 2.36. The summed E-state index contributed by atoms with van der Waals surface area (Å²) in [6.45, 7) is 1.93. The van der Waals surface area contributed by atoms with Gasteiger partial charge in [-0.2, -0.15) is 0 Å². The molecule has 39 heavy (non-hydrogen) atoms. The number of hydrogen-bond acceptors (Lipinski definition) is 9. The molecule has 1 aliphatic heterocycles. The lowest BCUT2D eigenvalue weighted by molar-refractivity contribution is -0.127. The van der Waals surface area contributed by atoms with E-state index in [0.717, 1.165) is 16.7 Å². The van der Waals surface area contributed by atoms with E-state index in [1.54, 1.807) is 42.5 Å². The highest BCUT2D eigenvalue weighted by atomic mass is 32.2. The number of thioether (sulfide) groups is 1. The molecule has 1 saturated heterocycles. The molecule has 0 radical (unpaired) electrons. The number of nitrogens with zero attached hydrogens (tertiary/aromatic N) is 1. The maximum atomic E-state index is 12.9. The van der Waals surface area contributed by atoms with Crippen LogP contribution in [0.25, 0.3) is 6.08 Å². The zero-order valence-corrected chi connectivity index (χ0v) is 21.8. The van der Waals surface area contributed by atoms with E-state index in [1.165, 1.54) is 25.3 Å². The molecule has 2 heterocycles. The summed E-state index contributed by atoms with van der Waals surface area (Å²) in [5.74, 6) is -0.784. The van der Waals surface area contributed by atoms with E-state index >= 15 is 0 Å². The lowest BCUT2D eigenvalue weighted by Crippen LogP contribution is -2.36. The van der Waals surface area contributed by atoms with Gasteiger partial charge in [0, 0.05) is 5.69 Å². The Kier molecular flexibility index (Phi) is 8.56. The normalized spacial score (nSPS) is 14.0. The second kappa shape index (κ2) is 12.2. The standard InChI is InChI=1S/C27H24N2O9S/c1-3-36-18-7-5-17(6-8-18)28-24(30)14-29-25(31)23(39-27(29)34)13-16-4-10-20(22(12-16)35-2)37-15-19-9-11-21(38-19)26(32)33/h4-13H,3,14-15H2,1-2H3,(H,28,30)(H,32,33)/b23-13-. The molecule has 0 aliphatic carbocycles. The molecule has 0 atom stereocenters. The smallest absolute Gasteiger partial charge is 0.371 e. The molecule has 3 aromatic rings. The van der Waals surface area contributed by atoms with Crippen LogP contribution in [-0.4, -0.2) is 53.3 Å². The molecule has 1 aromatic heterocycles. The van der Waals surface area contributed by atoms with Crippen LogP contribution in [0.15, 0.2) is 63.9 Å². The molecule has 0 spiro atoms. The predicted octanol–water partition coefficient (Wildman–Crippen LogP) is 4.64. The van der Waals surface area contributed by atoms with Gasteiger partial charge in [-0.3, -0.25) is 19.3 Å². The minimum absolute atomic E-state index is 0.0272. The number of hydrogen-bond donors (Lipinski definition) is 2. The summed E-state index contributed by atoms with van der Waals surface area (Å²) in [5, 5.41) is 11.1. The molecule has 12 heteroatoms. The third kappa shape index (κ3) is 6.79. The summed E-state index contributed by atoms with van der Waals surface area (Å²) in [4.78, 5) is 49.8. The van der Waals surface area contributed by atoms with Crippen molar-refractivity contribution in [1.29, 1.82) is 0 Å². The lowest BCUT2D eigenvalue weighted by atomic mass is 10.2. The van der Waals surface area contributed by atoms with Gasteiger partial charge in [0.05, 0.1) is 18.6 Å². The number of carbonyl (C=O) groups excluding carboxylic acids is 3. The van der Waals surface area contributed by atoms with Gasteiger partial charge < -0.3 is 29.1 Å². The van der Waals surface area contributed by atoms with Crippen molar-refractivity contribution in [1.82, 2.24) is 4.90 Å². The number of methoxy groups -OCH3 is 1. The van der Waals surface area contributed by atoms with Crippen LogP contribution in [0, 0.1) is 0 Å². The Morgan fingerprint density at radius 3 is 2.49 bits per heavy atom. The van der Waals surface area contributed by atoms with Crippen LogP contribution in [0.1, 0.15) is 28.8 Å². The van der Waals surface area contributed by atoms with E-state index in [1.807, 2.05) is 6.92 Å². The van der Waals surface area contributed by atoms with Crippen molar-refractivity contribution in [3.63, 3.8) is 0 Å². The molecule has 1 aliphatic rings. The van der Waals surface area contributed by atoms with Crippen molar-refractivity contribution in [3.8, 4) is 17.2 Å². The van der Waals surface area contributed by atoms with E-state index in [9.17, 15) is 19.2 Å². The average Bonchev–Trinajstić information content (AvgIpc) is 3.50. The van der Waals surface area contributed by atoms with Crippen LogP contribution in [0.2, 0.25) is 0 Å². The van der Waals surface area contributed by atoms with Gasteiger partial charge in [0.2, 0.25) is 11.7 Å². The van der Waals surface area contributed by atoms with Crippen LogP contribution >= 0.6 is 11.8 Å². The van der Waals surface area contributed by atoms with Crippen molar-refractivity contribution >= 4 is 46.5 Å². The van der Waals surface area contributed by atoms with Crippen LogP contribution in [0.3, 0.4) is 0 Å². The molecule has 202 valence electrons. The number of amides is 3. The Labute approximate surface area is 227 Å². The summed E-state index contributed by atoms with van der Waals surface area (Å²) in [6, 6.07) is 14.5. The number of anilines is 1. The van der Waals surface area contributed by atoms with Crippen LogP contribution in [-0.2, 0) is 16.2 Å². The molecule has 0 saturated carbocycles. The van der Waals surface area contributed by atoms with Gasteiger partial charge in [-0.25, -0.2) is 4.79 Å². The third-order valence-electron chi connectivity index (χ3n) is 5.35. The first-order chi connectivity index (χ1) is 18.8. The molecule has 2 N–H and O–H groups in total. The highest BCUT2D eigenvalue weighted by molar-refractivity contribution is 8.18. The largest absolute Gasteiger partial charge is 0.494 e. The van der Waals surface area contributed by atoms with Crippen molar-refractivity contribution in [2.75, 3.05) is 25.6 Å². The first-order valence-electron chi connectivity index (χ1n) is 11.7. The molecule has 3 amide bonds. The Balaban J connectivity index is 1.39. The number of nitrogens with one attached hydrogen (secondary N) is 1. The van der Waals surface area contributed by atoms with Crippen molar-refractivity contribution < 1.29 is 42.9 Å². The number of carbonyl (C=O) groups is 4. The maximum absolute atomic E-state index is 12.9. The van der Waals surface area contributed by atoms with E-state index in [4.69, 9.17) is 23.7 Å². The monoisotopic (exact) mass is 552 g/mol. The summed E-state index contributed by atoms with van der Waals surface area (Å²) < 4.78 is 21.6. The zero-order valence-electron chi connectivity index (χ0n) is 21.0. The quantitative estimate of drug-likeness (QED) is 0.323. The number of ether oxygens (including phenoxy) is 3. The second-order valence-corrected chi connectivity index (χ2v) is 9.04. The molecule has 2 aromatic carbocycles. The predicted molar refractivity (Wildman–Crippen MR) is 142 cm³/mol. The van der Waals surface area contributed by atoms with Crippen molar-refractivity contribution in [2.24, 2.45) is 0 Å². The SMILES string of the molecule is CCOc1ccc(NC(=O)CN2C(=O)S/C(=C\c3ccc(OCc4ccc(C(=O)O)o4)c(OC)c3)C2=O)cc1. The summed E-state index contributed by atoms with van der Waals surface area (Å²) in [6.07, 6.45) is 1.52. The number of furan rings is 1. The summed E-state index contributed by atoms with van der Waals surface area (Å²) in [7, 11) is 1.44. The zero-order chi connectivity index (χ0) is 27.9. The van der Waals surface area contributed by atoms with Gasteiger partial charge in [0.25, 0.3) is 11.1 Å². The van der Waals surface area contributed by atoms with E-state index < -0.39 is 29.6 Å². The molecule has 11 nitrogen and oxygen atoms in total. The van der Waals surface area contributed by atoms with E-state index in [-0.39, 0.29) is 17.3 Å². The van der Waals surface area contributed by atoms with Crippen LogP contribution in [0.5, 0.6) is 17.2 Å². The van der Waals surface area contributed by atoms with Gasteiger partial charge in [-0.1, -0.05) is 6.07 Å². The first kappa shape index (κ1) is 27.3. The third-order valence-corrected chi connectivity index (χ3v) is 6.26. The Morgan fingerprint density at radius 2 is 1.82 bits per heavy atom. The number of rotatable bonds is 11. The van der Waals surface area contributed by atoms with E-state index in [0.29, 0.717) is 40.9 Å². The Morgan fingerprint density at radius 1 is 1.05 bits per heavy atom. The van der Waals surface area contributed by atoms with Crippen LogP contribution < -0.4 is 19.5 Å². The molecule has 0 bridgehead atoms. The number of benzene rings is 2. The molecule has 0 unspecified atom stereocenters. The van der Waals surface area contributed by atoms with Gasteiger partial charge in [0.15, 0.2) is 11.5 Å². The lowest BCUT2D eigenvalue weighted by Gasteiger charge is -2.13. The van der Waals surface area contributed by atoms with Crippen molar-refractivity contribution in [3.05, 3.63) is 76.6 Å². The first-order valence-corrected chi connectivity index (χ1v) is 12.5. The fourth-order valence-electron chi connectivity index (χ4n) is 3.55. The highest BCUT2D eigenvalue weighted by Crippen LogP contribution is 2.35. The van der Waals surface area contributed by atoms with Gasteiger partial charge in [-0.15, -0.1) is 0 Å². The van der Waals surface area contributed by atoms with Gasteiger partial charge in [0.1, 0.15) is 24.7 Å². The summed E-state index contributed by atoms with van der Waals surface area (Å²) in [5.41, 5.74) is 1.07. The summed E-state index contributed by atoms with van der Waals surface area (Å²) >= 11 is 0.732. The minimum atomic E-state index is -1.18. The van der Waals surface area contributed by atoms with Crippen LogP contribution in [0.4, 0.5) is 10.5 Å². The number of carboxylic acid groups (broad SMARTS) is 1. The molecule has 1 fully saturated rings. The molecule has 4 rings (SSSR count). The fraction of sp³-hybridized carbons (Fsp3) is 0.185. The fourth-order valence-corrected chi connectivity index (χ4v) is 4.38. The Hall–Kier alpha value is -4.71. The minimum Gasteiger partial charge on any atom is -0.494 e. The molecular weight excluding hydrogens is 528 g/mol. The topological polar surface area (TPSA) is 145 Å². The average molecular weight is 553 g/mol. The van der Waals surface area contributed by atoms with Crippen molar-refractivity contribution in [2.45, 2.75) is 13.5 Å². The van der Waals surface area contributed by atoms with Gasteiger partial charge in [-0.05, 0) is 78.9 Å². The van der Waals surface area contributed by atoms with Gasteiger partial charge >= 0.3 is 5.97 Å². The van der Waals surface area contributed by atoms with E-state index in [2.05, 4.69) is 5.32 Å². The second-order valence-electron chi connectivity index (χ2n) is 8.04. The molecular formula is C27H24N2O9S. The Bertz CT molecular complexity index is 1430.